The van der Waals surface area contributed by atoms with E-state index in [1.165, 1.54) is 12.1 Å². The summed E-state index contributed by atoms with van der Waals surface area (Å²) < 4.78 is 92.5. The van der Waals surface area contributed by atoms with E-state index in [0.717, 1.165) is 17.7 Å². The number of benzene rings is 3. The predicted molar refractivity (Wildman–Crippen MR) is 107 cm³/mol. The van der Waals surface area contributed by atoms with Crippen LogP contribution in [0.5, 0.6) is 5.75 Å². The first-order valence-electron chi connectivity index (χ1n) is 8.04. The molecule has 0 saturated carbocycles. The van der Waals surface area contributed by atoms with Gasteiger partial charge in [0.25, 0.3) is 30.3 Å². The van der Waals surface area contributed by atoms with Crippen LogP contribution in [0.1, 0.15) is 5.56 Å². The fourth-order valence-corrected chi connectivity index (χ4v) is 5.07. The topological polar surface area (TPSA) is 175 Å². The molecule has 3 rings (SSSR count). The van der Waals surface area contributed by atoms with Crippen molar-refractivity contribution in [3.63, 3.8) is 0 Å². The van der Waals surface area contributed by atoms with Crippen molar-refractivity contribution < 1.29 is 39.5 Å². The average Bonchev–Trinajstić information content (AvgIpc) is 2.59. The van der Waals surface area contributed by atoms with Gasteiger partial charge in [-0.1, -0.05) is 17.7 Å². The number of sulfonamides is 1. The maximum absolute atomic E-state index is 12.7. The number of phenols is 1. The Morgan fingerprint density at radius 2 is 1.37 bits per heavy atom. The molecular formula is C17H15NO9S3. The first-order chi connectivity index (χ1) is 13.7. The third-order valence-corrected chi connectivity index (χ3v) is 7.30. The number of rotatable bonds is 5. The second-order valence-electron chi connectivity index (χ2n) is 6.34. The van der Waals surface area contributed by atoms with Crippen molar-refractivity contribution in [3.8, 4) is 5.75 Å². The van der Waals surface area contributed by atoms with Gasteiger partial charge in [0.2, 0.25) is 0 Å². The monoisotopic (exact) mass is 473 g/mol. The summed E-state index contributed by atoms with van der Waals surface area (Å²) in [6.45, 7) is 1.76. The third-order valence-electron chi connectivity index (χ3n) is 4.18. The van der Waals surface area contributed by atoms with Gasteiger partial charge < -0.3 is 5.11 Å². The summed E-state index contributed by atoms with van der Waals surface area (Å²) in [6.07, 6.45) is 0. The highest BCUT2D eigenvalue weighted by Crippen LogP contribution is 2.38. The Balaban J connectivity index is 2.30. The maximum atomic E-state index is 12.7. The van der Waals surface area contributed by atoms with Crippen LogP contribution in [0.4, 0.5) is 5.69 Å². The zero-order chi connectivity index (χ0) is 22.5. The zero-order valence-electron chi connectivity index (χ0n) is 15.1. The number of fused-ring (bicyclic) bond motifs is 1. The summed E-state index contributed by atoms with van der Waals surface area (Å²) >= 11 is 0. The molecule has 0 saturated heterocycles. The molecule has 0 aromatic heterocycles. The van der Waals surface area contributed by atoms with Crippen molar-refractivity contribution in [2.75, 3.05) is 4.72 Å². The van der Waals surface area contributed by atoms with Gasteiger partial charge >= 0.3 is 0 Å². The molecule has 13 heteroatoms. The van der Waals surface area contributed by atoms with Gasteiger partial charge in [-0.05, 0) is 37.3 Å². The molecule has 0 heterocycles. The Morgan fingerprint density at radius 1 is 0.767 bits per heavy atom. The molecule has 30 heavy (non-hydrogen) atoms. The molecule has 0 unspecified atom stereocenters. The summed E-state index contributed by atoms with van der Waals surface area (Å²) in [7, 11) is -13.9. The van der Waals surface area contributed by atoms with Gasteiger partial charge in [0.1, 0.15) is 10.6 Å². The van der Waals surface area contributed by atoms with Crippen LogP contribution < -0.4 is 4.72 Å². The minimum Gasteiger partial charge on any atom is -0.507 e. The van der Waals surface area contributed by atoms with Gasteiger partial charge in [-0.25, -0.2) is 8.42 Å². The lowest BCUT2D eigenvalue weighted by Gasteiger charge is -2.14. The van der Waals surface area contributed by atoms with Gasteiger partial charge in [0.15, 0.2) is 0 Å². The Bertz CT molecular complexity index is 1480. The van der Waals surface area contributed by atoms with Crippen LogP contribution in [0.3, 0.4) is 0 Å². The van der Waals surface area contributed by atoms with Crippen LogP contribution in [0.25, 0.3) is 10.8 Å². The van der Waals surface area contributed by atoms with Crippen molar-refractivity contribution >= 4 is 46.7 Å². The average molecular weight is 474 g/mol. The molecule has 0 bridgehead atoms. The van der Waals surface area contributed by atoms with E-state index >= 15 is 0 Å². The number of anilines is 1. The van der Waals surface area contributed by atoms with E-state index < -0.39 is 56.6 Å². The number of hydrogen-bond donors (Lipinski definition) is 4. The Hall–Kier alpha value is -2.71. The summed E-state index contributed by atoms with van der Waals surface area (Å²) in [6, 6.07) is 8.92. The molecule has 0 atom stereocenters. The fraction of sp³-hybridized carbons (Fsp3) is 0.0588. The van der Waals surface area contributed by atoms with Crippen LogP contribution in [0.15, 0.2) is 63.2 Å². The van der Waals surface area contributed by atoms with Crippen LogP contribution in [0, 0.1) is 6.92 Å². The quantitative estimate of drug-likeness (QED) is 0.404. The lowest BCUT2D eigenvalue weighted by Crippen LogP contribution is -2.14. The SMILES string of the molecule is Cc1ccc(S(=O)(=O)Nc2ccc(S(=O)(=O)O)c3cc(S(=O)(=O)O)cc(O)c23)cc1. The number of aryl methyl sites for hydroxylation is 1. The molecule has 0 fully saturated rings. The van der Waals surface area contributed by atoms with Crippen molar-refractivity contribution in [1.82, 2.24) is 0 Å². The van der Waals surface area contributed by atoms with Crippen molar-refractivity contribution in [2.24, 2.45) is 0 Å². The Morgan fingerprint density at radius 3 is 1.90 bits per heavy atom. The lowest BCUT2D eigenvalue weighted by molar-refractivity contribution is 0.470. The summed E-state index contributed by atoms with van der Waals surface area (Å²) in [4.78, 5) is -1.76. The van der Waals surface area contributed by atoms with Crippen molar-refractivity contribution in [3.05, 3.63) is 54.1 Å². The van der Waals surface area contributed by atoms with E-state index in [1.807, 2.05) is 0 Å². The molecule has 0 aliphatic rings. The summed E-state index contributed by atoms with van der Waals surface area (Å²) in [5.74, 6) is -0.841. The molecule has 3 aromatic rings. The Labute approximate surface area is 172 Å². The van der Waals surface area contributed by atoms with Crippen LogP contribution in [0.2, 0.25) is 0 Å². The van der Waals surface area contributed by atoms with Gasteiger partial charge in [-0.15, -0.1) is 0 Å². The standard InChI is InChI=1S/C17H15NO9S3/c1-10-2-4-11(5-3-10)28(20,21)18-14-6-7-16(30(25,26)27)13-8-12(29(22,23)24)9-15(19)17(13)14/h2-9,18-19H,1H3,(H,22,23,24)(H,25,26,27). The van der Waals surface area contributed by atoms with E-state index in [2.05, 4.69) is 4.72 Å². The van der Waals surface area contributed by atoms with Crippen LogP contribution in [-0.4, -0.2) is 39.5 Å². The summed E-state index contributed by atoms with van der Waals surface area (Å²) in [5, 5.41) is 9.39. The molecule has 0 aliphatic heterocycles. The van der Waals surface area contributed by atoms with Gasteiger partial charge in [-0.3, -0.25) is 13.8 Å². The van der Waals surface area contributed by atoms with E-state index in [0.29, 0.717) is 12.1 Å². The molecular weight excluding hydrogens is 458 g/mol. The second-order valence-corrected chi connectivity index (χ2v) is 10.8. The normalized spacial score (nSPS) is 12.8. The smallest absolute Gasteiger partial charge is 0.295 e. The molecule has 0 aliphatic carbocycles. The number of nitrogens with one attached hydrogen (secondary N) is 1. The van der Waals surface area contributed by atoms with E-state index in [4.69, 9.17) is 0 Å². The molecule has 0 spiro atoms. The van der Waals surface area contributed by atoms with Gasteiger partial charge in [-0.2, -0.15) is 16.8 Å². The molecule has 0 amide bonds. The van der Waals surface area contributed by atoms with Crippen LogP contribution in [-0.2, 0) is 30.3 Å². The van der Waals surface area contributed by atoms with Crippen LogP contribution >= 0.6 is 0 Å². The van der Waals surface area contributed by atoms with Crippen molar-refractivity contribution in [2.45, 2.75) is 21.6 Å². The highest BCUT2D eigenvalue weighted by Gasteiger charge is 2.24. The minimum absolute atomic E-state index is 0.117. The number of phenolic OH excluding ortho intramolecular Hbond substituents is 1. The van der Waals surface area contributed by atoms with E-state index in [-0.39, 0.29) is 10.6 Å². The highest BCUT2D eigenvalue weighted by molar-refractivity contribution is 7.92. The third kappa shape index (κ3) is 4.24. The van der Waals surface area contributed by atoms with E-state index in [9.17, 15) is 39.5 Å². The number of hydrogen-bond acceptors (Lipinski definition) is 7. The summed E-state index contributed by atoms with van der Waals surface area (Å²) in [5.41, 5.74) is 0.532. The van der Waals surface area contributed by atoms with E-state index in [1.54, 1.807) is 19.1 Å². The lowest BCUT2D eigenvalue weighted by atomic mass is 10.1. The van der Waals surface area contributed by atoms with Gasteiger partial charge in [0, 0.05) is 16.8 Å². The largest absolute Gasteiger partial charge is 0.507 e. The molecule has 4 N–H and O–H groups in total. The maximum Gasteiger partial charge on any atom is 0.295 e. The predicted octanol–water partition coefficient (Wildman–Crippen LogP) is 2.15. The molecule has 10 nitrogen and oxygen atoms in total. The molecule has 160 valence electrons. The van der Waals surface area contributed by atoms with Gasteiger partial charge in [0.05, 0.1) is 15.5 Å². The second kappa shape index (κ2) is 7.21. The fourth-order valence-electron chi connectivity index (χ4n) is 2.79. The minimum atomic E-state index is -4.89. The van der Waals surface area contributed by atoms with Crippen molar-refractivity contribution in [1.29, 1.82) is 0 Å². The Kier molecular flexibility index (Phi) is 5.28. The molecule has 0 radical (unpaired) electrons. The first-order valence-corrected chi connectivity index (χ1v) is 12.4. The first kappa shape index (κ1) is 22.0. The number of aromatic hydroxyl groups is 1. The zero-order valence-corrected chi connectivity index (χ0v) is 17.6. The molecule has 3 aromatic carbocycles. The highest BCUT2D eigenvalue weighted by atomic mass is 32.2.